The van der Waals surface area contributed by atoms with Crippen LogP contribution in [0.15, 0.2) is 29.2 Å². The first-order valence-corrected chi connectivity index (χ1v) is 7.28. The highest BCUT2D eigenvalue weighted by atomic mass is 32.2. The van der Waals surface area contributed by atoms with E-state index in [9.17, 15) is 0 Å². The monoisotopic (exact) mass is 251 g/mol. The molecule has 0 aliphatic rings. The van der Waals surface area contributed by atoms with E-state index in [2.05, 4.69) is 63.2 Å². The second-order valence-electron chi connectivity index (χ2n) is 5.39. The number of rotatable bonds is 5. The van der Waals surface area contributed by atoms with Gasteiger partial charge >= 0.3 is 0 Å². The summed E-state index contributed by atoms with van der Waals surface area (Å²) >= 11 is 1.88. The maximum absolute atomic E-state index is 2.42. The number of hydrogen-bond donors (Lipinski definition) is 0. The lowest BCUT2D eigenvalue weighted by Gasteiger charge is -2.22. The topological polar surface area (TPSA) is 3.24 Å². The molecular weight excluding hydrogens is 226 g/mol. The van der Waals surface area contributed by atoms with Crippen LogP contribution in [0.5, 0.6) is 0 Å². The first kappa shape index (κ1) is 14.6. The Morgan fingerprint density at radius 2 is 1.88 bits per heavy atom. The van der Waals surface area contributed by atoms with Crippen molar-refractivity contribution in [3.05, 3.63) is 29.8 Å². The highest BCUT2D eigenvalue weighted by Crippen LogP contribution is 2.28. The maximum atomic E-state index is 2.42. The Kier molecular flexibility index (Phi) is 5.54. The van der Waals surface area contributed by atoms with E-state index < -0.39 is 0 Å². The Bertz CT molecular complexity index is 341. The third kappa shape index (κ3) is 4.72. The van der Waals surface area contributed by atoms with Crippen molar-refractivity contribution >= 4 is 11.9 Å². The Morgan fingerprint density at radius 1 is 1.18 bits per heavy atom. The van der Waals surface area contributed by atoms with Gasteiger partial charge < -0.3 is 0 Å². The summed E-state index contributed by atoms with van der Waals surface area (Å²) < 4.78 is 2.42. The smallest absolute Gasteiger partial charge is 0.0233 e. The molecule has 1 nitrogen and oxygen atoms in total. The molecule has 96 valence electrons. The van der Waals surface area contributed by atoms with Crippen molar-refractivity contribution in [2.75, 3.05) is 13.1 Å². The fourth-order valence-corrected chi connectivity index (χ4v) is 2.71. The van der Waals surface area contributed by atoms with Crippen LogP contribution in [0.2, 0.25) is 0 Å². The molecule has 0 aliphatic heterocycles. The van der Waals surface area contributed by atoms with E-state index in [0.717, 1.165) is 13.1 Å². The molecule has 0 saturated heterocycles. The molecule has 0 fully saturated rings. The maximum Gasteiger partial charge on any atom is 0.0233 e. The summed E-state index contributed by atoms with van der Waals surface area (Å²) in [5, 5.41) is 0. The average Bonchev–Trinajstić information content (AvgIpc) is 2.28. The highest BCUT2D eigenvalue weighted by Gasteiger charge is 2.14. The van der Waals surface area contributed by atoms with Gasteiger partial charge in [-0.2, -0.15) is 0 Å². The lowest BCUT2D eigenvalue weighted by Crippen LogP contribution is -2.16. The van der Waals surface area contributed by atoms with Crippen LogP contribution in [0, 0.1) is 0 Å². The van der Waals surface area contributed by atoms with Crippen molar-refractivity contribution in [3.63, 3.8) is 0 Å². The molecule has 17 heavy (non-hydrogen) atoms. The summed E-state index contributed by atoms with van der Waals surface area (Å²) in [6.07, 6.45) is 1.21. The molecule has 0 unspecified atom stereocenters. The summed E-state index contributed by atoms with van der Waals surface area (Å²) in [4.78, 5) is 1.35. The van der Waals surface area contributed by atoms with Crippen LogP contribution in [-0.2, 0) is 5.41 Å². The Morgan fingerprint density at radius 3 is 2.41 bits per heavy atom. The van der Waals surface area contributed by atoms with E-state index in [4.69, 9.17) is 0 Å². The predicted molar refractivity (Wildman–Crippen MR) is 78.5 cm³/mol. The molecule has 0 aliphatic carbocycles. The summed E-state index contributed by atoms with van der Waals surface area (Å²) in [7, 11) is 0. The fourth-order valence-electron chi connectivity index (χ4n) is 1.69. The van der Waals surface area contributed by atoms with Crippen molar-refractivity contribution in [1.29, 1.82) is 0 Å². The molecule has 2 heteroatoms. The van der Waals surface area contributed by atoms with E-state index in [1.54, 1.807) is 0 Å². The van der Waals surface area contributed by atoms with Crippen molar-refractivity contribution < 1.29 is 0 Å². The third-order valence-corrected chi connectivity index (χ3v) is 3.92. The van der Waals surface area contributed by atoms with Crippen LogP contribution in [0.3, 0.4) is 0 Å². The Labute approximate surface area is 111 Å². The van der Waals surface area contributed by atoms with Crippen molar-refractivity contribution in [2.45, 2.75) is 51.3 Å². The Hall–Kier alpha value is -0.470. The van der Waals surface area contributed by atoms with Gasteiger partial charge in [-0.3, -0.25) is 0 Å². The number of nitrogens with zero attached hydrogens (tertiary/aromatic N) is 1. The third-order valence-electron chi connectivity index (χ3n) is 2.76. The van der Waals surface area contributed by atoms with Gasteiger partial charge in [-0.05, 0) is 41.5 Å². The van der Waals surface area contributed by atoms with Crippen LogP contribution in [-0.4, -0.2) is 17.4 Å². The molecule has 0 spiro atoms. The quantitative estimate of drug-likeness (QED) is 0.696. The first-order valence-electron chi connectivity index (χ1n) is 6.50. The van der Waals surface area contributed by atoms with Gasteiger partial charge in [0.1, 0.15) is 0 Å². The van der Waals surface area contributed by atoms with Gasteiger partial charge in [0.15, 0.2) is 0 Å². The number of benzene rings is 1. The van der Waals surface area contributed by atoms with Crippen LogP contribution in [0.1, 0.15) is 46.6 Å². The molecule has 1 aromatic carbocycles. The van der Waals surface area contributed by atoms with Crippen LogP contribution >= 0.6 is 11.9 Å². The summed E-state index contributed by atoms with van der Waals surface area (Å²) in [5.41, 5.74) is 1.65. The number of hydrogen-bond acceptors (Lipinski definition) is 2. The fraction of sp³-hybridized carbons (Fsp3) is 0.600. The molecule has 0 N–H and O–H groups in total. The zero-order valence-electron chi connectivity index (χ0n) is 11.8. The normalized spacial score (nSPS) is 12.1. The van der Waals surface area contributed by atoms with Gasteiger partial charge in [0.2, 0.25) is 0 Å². The minimum atomic E-state index is 0.234. The SMILES string of the molecule is CCCN(CC)Sc1cccc(C(C)(C)C)c1. The highest BCUT2D eigenvalue weighted by molar-refractivity contribution is 7.97. The van der Waals surface area contributed by atoms with Gasteiger partial charge in [-0.15, -0.1) is 0 Å². The van der Waals surface area contributed by atoms with Gasteiger partial charge in [0, 0.05) is 18.0 Å². The van der Waals surface area contributed by atoms with Gasteiger partial charge in [0.25, 0.3) is 0 Å². The van der Waals surface area contributed by atoms with Gasteiger partial charge in [0.05, 0.1) is 0 Å². The molecule has 0 radical (unpaired) electrons. The van der Waals surface area contributed by atoms with E-state index in [-0.39, 0.29) is 5.41 Å². The molecule has 1 rings (SSSR count). The zero-order valence-corrected chi connectivity index (χ0v) is 12.6. The van der Waals surface area contributed by atoms with Crippen molar-refractivity contribution in [3.8, 4) is 0 Å². The standard InChI is InChI=1S/C15H25NS/c1-6-11-16(7-2)17-14-10-8-9-13(12-14)15(3,4)5/h8-10,12H,6-7,11H2,1-5H3. The minimum Gasteiger partial charge on any atom is -0.247 e. The van der Waals surface area contributed by atoms with E-state index in [0.29, 0.717) is 0 Å². The van der Waals surface area contributed by atoms with Crippen LogP contribution in [0.4, 0.5) is 0 Å². The molecule has 0 aromatic heterocycles. The van der Waals surface area contributed by atoms with Crippen LogP contribution < -0.4 is 0 Å². The summed E-state index contributed by atoms with van der Waals surface area (Å²) in [5.74, 6) is 0. The second-order valence-corrected chi connectivity index (χ2v) is 6.56. The lowest BCUT2D eigenvalue weighted by atomic mass is 9.87. The molecule has 0 saturated carbocycles. The zero-order chi connectivity index (χ0) is 12.9. The summed E-state index contributed by atoms with van der Waals surface area (Å²) in [6.45, 7) is 13.5. The largest absolute Gasteiger partial charge is 0.247 e. The van der Waals surface area contributed by atoms with E-state index in [1.165, 1.54) is 16.9 Å². The van der Waals surface area contributed by atoms with Gasteiger partial charge in [-0.25, -0.2) is 4.31 Å². The molecule has 0 amide bonds. The average molecular weight is 251 g/mol. The molecule has 0 heterocycles. The lowest BCUT2D eigenvalue weighted by molar-refractivity contribution is 0.493. The van der Waals surface area contributed by atoms with E-state index >= 15 is 0 Å². The second kappa shape index (κ2) is 6.46. The molecular formula is C15H25NS. The molecule has 0 atom stereocenters. The first-order chi connectivity index (χ1) is 7.97. The van der Waals surface area contributed by atoms with Crippen molar-refractivity contribution in [2.24, 2.45) is 0 Å². The minimum absolute atomic E-state index is 0.234. The van der Waals surface area contributed by atoms with E-state index in [1.807, 2.05) is 11.9 Å². The Balaban J connectivity index is 2.78. The predicted octanol–water partition coefficient (Wildman–Crippen LogP) is 4.72. The van der Waals surface area contributed by atoms with Crippen molar-refractivity contribution in [1.82, 2.24) is 4.31 Å². The van der Waals surface area contributed by atoms with Gasteiger partial charge in [-0.1, -0.05) is 46.8 Å². The molecule has 0 bridgehead atoms. The molecule has 1 aromatic rings. The summed E-state index contributed by atoms with van der Waals surface area (Å²) in [6, 6.07) is 8.92. The van der Waals surface area contributed by atoms with Crippen LogP contribution in [0.25, 0.3) is 0 Å².